The monoisotopic (exact) mass is 425 g/mol. The van der Waals surface area contributed by atoms with Crippen LogP contribution < -0.4 is 0 Å². The number of carbonyl (C=O) groups is 1. The van der Waals surface area contributed by atoms with E-state index < -0.39 is 0 Å². The van der Waals surface area contributed by atoms with Gasteiger partial charge in [0, 0.05) is 57.1 Å². The highest BCUT2D eigenvalue weighted by atomic mass is 32.1. The van der Waals surface area contributed by atoms with Gasteiger partial charge in [0.25, 0.3) is 0 Å². The molecule has 2 fully saturated rings. The number of likely N-dealkylation sites (tertiary alicyclic amines) is 1. The molecule has 0 saturated carbocycles. The topological polar surface area (TPSA) is 26.8 Å². The summed E-state index contributed by atoms with van der Waals surface area (Å²) in [5.41, 5.74) is 2.78. The first kappa shape index (κ1) is 21.5. The summed E-state index contributed by atoms with van der Waals surface area (Å²) in [5.74, 6) is 1.03. The number of nitrogens with zero attached hydrogens (tertiary/aromatic N) is 3. The Labute approximate surface area is 185 Å². The molecule has 2 aliphatic rings. The number of thiophene rings is 1. The number of amides is 1. The van der Waals surface area contributed by atoms with Crippen LogP contribution in [-0.2, 0) is 17.9 Å². The molecule has 0 aliphatic carbocycles. The molecule has 1 amide bonds. The standard InChI is InChI=1S/C25H35N3OS/c1-21-11-17-30-24(21)20-27-12-5-8-23(19-27)9-10-25(29)28-15-13-26(14-16-28)18-22-6-3-2-4-7-22/h2-4,6-7,11,17,23H,5,8-10,12-16,18-20H2,1H3/t23-/m0/s1. The number of piperidine rings is 1. The zero-order valence-corrected chi connectivity index (χ0v) is 19.1. The molecule has 1 atom stereocenters. The van der Waals surface area contributed by atoms with E-state index in [1.165, 1.54) is 35.4 Å². The molecular formula is C25H35N3OS. The van der Waals surface area contributed by atoms with Crippen LogP contribution in [0.25, 0.3) is 0 Å². The summed E-state index contributed by atoms with van der Waals surface area (Å²) >= 11 is 1.88. The first-order valence-electron chi connectivity index (χ1n) is 11.5. The van der Waals surface area contributed by atoms with E-state index in [0.29, 0.717) is 11.8 Å². The number of piperazine rings is 1. The van der Waals surface area contributed by atoms with Gasteiger partial charge < -0.3 is 4.90 Å². The van der Waals surface area contributed by atoms with Crippen molar-refractivity contribution in [2.45, 2.75) is 45.7 Å². The molecule has 0 bridgehead atoms. The Morgan fingerprint density at radius 1 is 1.00 bits per heavy atom. The van der Waals surface area contributed by atoms with E-state index in [-0.39, 0.29) is 0 Å². The summed E-state index contributed by atoms with van der Waals surface area (Å²) in [6, 6.07) is 12.9. The summed E-state index contributed by atoms with van der Waals surface area (Å²) in [5, 5.41) is 2.20. The smallest absolute Gasteiger partial charge is 0.222 e. The SMILES string of the molecule is Cc1ccsc1CN1CCC[C@@H](CCC(=O)N2CCN(Cc3ccccc3)CC2)C1. The second-order valence-corrected chi connectivity index (χ2v) is 9.95. The van der Waals surface area contributed by atoms with Crippen molar-refractivity contribution in [3.8, 4) is 0 Å². The largest absolute Gasteiger partial charge is 0.340 e. The molecule has 2 aliphatic heterocycles. The van der Waals surface area contributed by atoms with Crippen LogP contribution in [0, 0.1) is 12.8 Å². The number of hydrogen-bond acceptors (Lipinski definition) is 4. The van der Waals surface area contributed by atoms with Crippen molar-refractivity contribution in [3.63, 3.8) is 0 Å². The highest BCUT2D eigenvalue weighted by Crippen LogP contribution is 2.25. The zero-order valence-electron chi connectivity index (χ0n) is 18.3. The number of benzene rings is 1. The van der Waals surface area contributed by atoms with E-state index in [1.807, 2.05) is 11.3 Å². The van der Waals surface area contributed by atoms with Crippen molar-refractivity contribution in [1.82, 2.24) is 14.7 Å². The van der Waals surface area contributed by atoms with Crippen molar-refractivity contribution in [3.05, 3.63) is 57.8 Å². The fourth-order valence-electron chi connectivity index (χ4n) is 4.78. The van der Waals surface area contributed by atoms with Crippen LogP contribution in [0.1, 0.15) is 41.7 Å². The normalized spacial score (nSPS) is 21.1. The molecular weight excluding hydrogens is 390 g/mol. The Morgan fingerprint density at radius 3 is 2.53 bits per heavy atom. The number of rotatable bonds is 7. The van der Waals surface area contributed by atoms with Gasteiger partial charge in [0.2, 0.25) is 5.91 Å². The first-order valence-corrected chi connectivity index (χ1v) is 12.3. The van der Waals surface area contributed by atoms with E-state index >= 15 is 0 Å². The molecule has 1 aromatic carbocycles. The third-order valence-electron chi connectivity index (χ3n) is 6.68. The van der Waals surface area contributed by atoms with Gasteiger partial charge in [0.15, 0.2) is 0 Å². The fraction of sp³-hybridized carbons (Fsp3) is 0.560. The van der Waals surface area contributed by atoms with E-state index in [0.717, 1.165) is 58.7 Å². The van der Waals surface area contributed by atoms with Crippen LogP contribution in [0.3, 0.4) is 0 Å². The Bertz CT molecular complexity index is 798. The maximum atomic E-state index is 12.8. The maximum absolute atomic E-state index is 12.8. The van der Waals surface area contributed by atoms with Crippen molar-refractivity contribution < 1.29 is 4.79 Å². The molecule has 3 heterocycles. The third-order valence-corrected chi connectivity index (χ3v) is 7.69. The predicted molar refractivity (Wildman–Crippen MR) is 125 cm³/mol. The molecule has 30 heavy (non-hydrogen) atoms. The molecule has 0 spiro atoms. The van der Waals surface area contributed by atoms with Gasteiger partial charge >= 0.3 is 0 Å². The van der Waals surface area contributed by atoms with Gasteiger partial charge in [-0.3, -0.25) is 14.6 Å². The molecule has 1 aromatic heterocycles. The fourth-order valence-corrected chi connectivity index (χ4v) is 5.73. The zero-order chi connectivity index (χ0) is 20.8. The number of carbonyl (C=O) groups excluding carboxylic acids is 1. The van der Waals surface area contributed by atoms with Crippen molar-refractivity contribution >= 4 is 17.2 Å². The summed E-state index contributed by atoms with van der Waals surface area (Å²) in [6.07, 6.45) is 4.30. The molecule has 5 heteroatoms. The lowest BCUT2D eigenvalue weighted by molar-refractivity contribution is -0.133. The molecule has 4 rings (SSSR count). The van der Waals surface area contributed by atoms with Gasteiger partial charge in [-0.2, -0.15) is 0 Å². The Morgan fingerprint density at radius 2 is 1.80 bits per heavy atom. The Hall–Kier alpha value is -1.69. The van der Waals surface area contributed by atoms with Gasteiger partial charge in [-0.05, 0) is 61.2 Å². The average molecular weight is 426 g/mol. The quantitative estimate of drug-likeness (QED) is 0.658. The highest BCUT2D eigenvalue weighted by molar-refractivity contribution is 7.10. The average Bonchev–Trinajstić information content (AvgIpc) is 3.18. The molecule has 0 unspecified atom stereocenters. The Kier molecular flexibility index (Phi) is 7.58. The van der Waals surface area contributed by atoms with E-state index in [4.69, 9.17) is 0 Å². The molecule has 162 valence electrons. The van der Waals surface area contributed by atoms with E-state index in [2.05, 4.69) is 63.4 Å². The molecule has 0 radical (unpaired) electrons. The van der Waals surface area contributed by atoms with Crippen LogP contribution in [0.15, 0.2) is 41.8 Å². The molecule has 2 aromatic rings. The molecule has 2 saturated heterocycles. The third kappa shape index (κ3) is 5.93. The van der Waals surface area contributed by atoms with E-state index in [9.17, 15) is 4.79 Å². The summed E-state index contributed by atoms with van der Waals surface area (Å²) in [7, 11) is 0. The van der Waals surface area contributed by atoms with Gasteiger partial charge in [0.1, 0.15) is 0 Å². The van der Waals surface area contributed by atoms with Crippen molar-refractivity contribution in [1.29, 1.82) is 0 Å². The highest BCUT2D eigenvalue weighted by Gasteiger charge is 2.24. The number of hydrogen-bond donors (Lipinski definition) is 0. The predicted octanol–water partition coefficient (Wildman–Crippen LogP) is 4.39. The van der Waals surface area contributed by atoms with E-state index in [1.54, 1.807) is 0 Å². The van der Waals surface area contributed by atoms with Crippen LogP contribution in [0.4, 0.5) is 0 Å². The van der Waals surface area contributed by atoms with Gasteiger partial charge in [-0.15, -0.1) is 11.3 Å². The summed E-state index contributed by atoms with van der Waals surface area (Å²) in [6.45, 7) is 10.4. The second kappa shape index (κ2) is 10.6. The summed E-state index contributed by atoms with van der Waals surface area (Å²) in [4.78, 5) is 21.4. The maximum Gasteiger partial charge on any atom is 0.222 e. The van der Waals surface area contributed by atoms with Gasteiger partial charge in [-0.1, -0.05) is 30.3 Å². The van der Waals surface area contributed by atoms with Crippen LogP contribution in [0.2, 0.25) is 0 Å². The van der Waals surface area contributed by atoms with Crippen LogP contribution in [-0.4, -0.2) is 59.9 Å². The van der Waals surface area contributed by atoms with Crippen LogP contribution >= 0.6 is 11.3 Å². The molecule has 0 N–H and O–H groups in total. The lowest BCUT2D eigenvalue weighted by atomic mass is 9.93. The lowest BCUT2D eigenvalue weighted by Gasteiger charge is -2.36. The molecule has 4 nitrogen and oxygen atoms in total. The van der Waals surface area contributed by atoms with Gasteiger partial charge in [0.05, 0.1) is 0 Å². The first-order chi connectivity index (χ1) is 14.7. The van der Waals surface area contributed by atoms with Crippen molar-refractivity contribution in [2.24, 2.45) is 5.92 Å². The lowest BCUT2D eigenvalue weighted by Crippen LogP contribution is -2.48. The Balaban J connectivity index is 1.17. The minimum Gasteiger partial charge on any atom is -0.340 e. The van der Waals surface area contributed by atoms with Crippen molar-refractivity contribution in [2.75, 3.05) is 39.3 Å². The van der Waals surface area contributed by atoms with Gasteiger partial charge in [-0.25, -0.2) is 0 Å². The minimum atomic E-state index is 0.362. The van der Waals surface area contributed by atoms with Crippen LogP contribution in [0.5, 0.6) is 0 Å². The second-order valence-electron chi connectivity index (χ2n) is 8.95. The number of aryl methyl sites for hydroxylation is 1. The minimum absolute atomic E-state index is 0.362. The summed E-state index contributed by atoms with van der Waals surface area (Å²) < 4.78 is 0.